The van der Waals surface area contributed by atoms with Gasteiger partial charge in [0.15, 0.2) is 0 Å². The molecule has 2 heteroatoms. The molecule has 0 radical (unpaired) electrons. The molecule has 0 amide bonds. The van der Waals surface area contributed by atoms with Gasteiger partial charge in [-0.2, -0.15) is 0 Å². The van der Waals surface area contributed by atoms with Crippen LogP contribution in [0.3, 0.4) is 0 Å². The molecular weight excluding hydrogens is 164 g/mol. The quantitative estimate of drug-likeness (QED) is 0.569. The average Bonchev–Trinajstić information content (AvgIpc) is 2.68. The standard InChI is InChI=1S/C11H16O2/c12-9-8-4-3-7-13-10(8)11(9)5-1-2-6-11/h8,10H,1-7H2/t8-,10-/m1/s1. The summed E-state index contributed by atoms with van der Waals surface area (Å²) in [6.07, 6.45) is 7.17. The first-order valence-electron chi connectivity index (χ1n) is 5.50. The third-order valence-electron chi connectivity index (χ3n) is 4.19. The molecule has 1 aliphatic heterocycles. The molecule has 72 valence electrons. The van der Waals surface area contributed by atoms with Crippen molar-refractivity contribution in [3.05, 3.63) is 0 Å². The minimum absolute atomic E-state index is 0.00505. The van der Waals surface area contributed by atoms with E-state index in [1.807, 2.05) is 0 Å². The Morgan fingerprint density at radius 3 is 2.77 bits per heavy atom. The van der Waals surface area contributed by atoms with Gasteiger partial charge in [-0.25, -0.2) is 0 Å². The zero-order chi connectivity index (χ0) is 8.89. The maximum absolute atomic E-state index is 11.9. The second-order valence-electron chi connectivity index (χ2n) is 4.77. The van der Waals surface area contributed by atoms with E-state index in [2.05, 4.69) is 0 Å². The van der Waals surface area contributed by atoms with Crippen LogP contribution in [-0.4, -0.2) is 18.5 Å². The van der Waals surface area contributed by atoms with E-state index in [-0.39, 0.29) is 11.3 Å². The number of fused-ring (bicyclic) bond motifs is 2. The van der Waals surface area contributed by atoms with Crippen LogP contribution in [0.5, 0.6) is 0 Å². The van der Waals surface area contributed by atoms with Gasteiger partial charge in [0, 0.05) is 12.5 Å². The van der Waals surface area contributed by atoms with Crippen LogP contribution in [0.4, 0.5) is 0 Å². The molecule has 2 atom stereocenters. The SMILES string of the molecule is O=C1[C@H]2CCCO[C@H]2C12CCCC2. The average molecular weight is 180 g/mol. The molecule has 2 saturated carbocycles. The Morgan fingerprint density at radius 1 is 1.23 bits per heavy atom. The molecule has 0 aromatic heterocycles. The molecule has 0 N–H and O–H groups in total. The summed E-state index contributed by atoms with van der Waals surface area (Å²) < 4.78 is 5.76. The molecule has 0 aromatic carbocycles. The zero-order valence-corrected chi connectivity index (χ0v) is 7.92. The molecule has 2 nitrogen and oxygen atoms in total. The first-order chi connectivity index (χ1) is 6.34. The van der Waals surface area contributed by atoms with Gasteiger partial charge in [-0.1, -0.05) is 12.8 Å². The predicted molar refractivity (Wildman–Crippen MR) is 48.4 cm³/mol. The van der Waals surface area contributed by atoms with Crippen LogP contribution in [-0.2, 0) is 9.53 Å². The highest BCUT2D eigenvalue weighted by atomic mass is 16.5. The molecule has 1 saturated heterocycles. The number of rotatable bonds is 0. The van der Waals surface area contributed by atoms with Crippen LogP contribution in [0.1, 0.15) is 38.5 Å². The maximum Gasteiger partial charge on any atom is 0.147 e. The topological polar surface area (TPSA) is 26.3 Å². The van der Waals surface area contributed by atoms with E-state index < -0.39 is 0 Å². The monoisotopic (exact) mass is 180 g/mol. The molecule has 13 heavy (non-hydrogen) atoms. The summed E-state index contributed by atoms with van der Waals surface area (Å²) in [5.41, 5.74) is 0.00505. The van der Waals surface area contributed by atoms with E-state index in [0.29, 0.717) is 11.9 Å². The van der Waals surface area contributed by atoms with Gasteiger partial charge in [0.25, 0.3) is 0 Å². The van der Waals surface area contributed by atoms with Crippen molar-refractivity contribution in [2.24, 2.45) is 11.3 Å². The Balaban J connectivity index is 1.86. The number of Topliss-reactive ketones (excluding diaryl/α,β-unsaturated/α-hetero) is 1. The predicted octanol–water partition coefficient (Wildman–Crippen LogP) is 1.92. The first kappa shape index (κ1) is 7.98. The van der Waals surface area contributed by atoms with Crippen LogP contribution in [0, 0.1) is 11.3 Å². The Morgan fingerprint density at radius 2 is 2.00 bits per heavy atom. The van der Waals surface area contributed by atoms with E-state index >= 15 is 0 Å². The lowest BCUT2D eigenvalue weighted by molar-refractivity contribution is -0.190. The number of hydrogen-bond acceptors (Lipinski definition) is 2. The fraction of sp³-hybridized carbons (Fsp3) is 0.909. The van der Waals surface area contributed by atoms with E-state index in [1.165, 1.54) is 12.8 Å². The molecule has 1 spiro atoms. The van der Waals surface area contributed by atoms with Gasteiger partial charge in [-0.05, 0) is 25.7 Å². The minimum Gasteiger partial charge on any atom is -0.376 e. The van der Waals surface area contributed by atoms with Crippen LogP contribution in [0.2, 0.25) is 0 Å². The van der Waals surface area contributed by atoms with Gasteiger partial charge in [0.1, 0.15) is 5.78 Å². The lowest BCUT2D eigenvalue weighted by atomic mass is 9.55. The van der Waals surface area contributed by atoms with Crippen molar-refractivity contribution >= 4 is 5.78 Å². The van der Waals surface area contributed by atoms with Gasteiger partial charge < -0.3 is 4.74 Å². The van der Waals surface area contributed by atoms with Gasteiger partial charge >= 0.3 is 0 Å². The van der Waals surface area contributed by atoms with Crippen molar-refractivity contribution in [3.8, 4) is 0 Å². The number of hydrogen-bond donors (Lipinski definition) is 0. The van der Waals surface area contributed by atoms with Crippen molar-refractivity contribution in [1.29, 1.82) is 0 Å². The Labute approximate surface area is 78.6 Å². The van der Waals surface area contributed by atoms with E-state index in [4.69, 9.17) is 4.74 Å². The summed E-state index contributed by atoms with van der Waals surface area (Å²) in [5, 5.41) is 0. The highest BCUT2D eigenvalue weighted by Crippen LogP contribution is 2.57. The summed E-state index contributed by atoms with van der Waals surface area (Å²) >= 11 is 0. The zero-order valence-electron chi connectivity index (χ0n) is 7.92. The molecule has 0 unspecified atom stereocenters. The van der Waals surface area contributed by atoms with Crippen molar-refractivity contribution in [2.75, 3.05) is 6.61 Å². The summed E-state index contributed by atoms with van der Waals surface area (Å²) in [4.78, 5) is 11.9. The first-order valence-corrected chi connectivity index (χ1v) is 5.50. The third-order valence-corrected chi connectivity index (χ3v) is 4.19. The van der Waals surface area contributed by atoms with Crippen molar-refractivity contribution in [3.63, 3.8) is 0 Å². The summed E-state index contributed by atoms with van der Waals surface area (Å²) in [7, 11) is 0. The molecule has 3 rings (SSSR count). The Bertz CT molecular complexity index is 240. The lowest BCUT2D eigenvalue weighted by Gasteiger charge is -2.53. The number of ether oxygens (including phenoxy) is 1. The fourth-order valence-corrected chi connectivity index (χ4v) is 3.54. The van der Waals surface area contributed by atoms with Crippen LogP contribution < -0.4 is 0 Å². The fourth-order valence-electron chi connectivity index (χ4n) is 3.54. The highest BCUT2D eigenvalue weighted by Gasteiger charge is 2.63. The Kier molecular flexibility index (Phi) is 1.58. The van der Waals surface area contributed by atoms with Gasteiger partial charge in [0.2, 0.25) is 0 Å². The maximum atomic E-state index is 11.9. The second-order valence-corrected chi connectivity index (χ2v) is 4.77. The minimum atomic E-state index is 0.00505. The molecule has 1 heterocycles. The smallest absolute Gasteiger partial charge is 0.147 e. The lowest BCUT2D eigenvalue weighted by Crippen LogP contribution is -2.63. The van der Waals surface area contributed by atoms with Crippen LogP contribution >= 0.6 is 0 Å². The molecule has 0 aromatic rings. The number of ketones is 1. The number of carbonyl (C=O) groups excluding carboxylic acids is 1. The van der Waals surface area contributed by atoms with Crippen LogP contribution in [0.15, 0.2) is 0 Å². The van der Waals surface area contributed by atoms with Crippen molar-refractivity contribution < 1.29 is 9.53 Å². The van der Waals surface area contributed by atoms with Crippen molar-refractivity contribution in [1.82, 2.24) is 0 Å². The Hall–Kier alpha value is -0.370. The normalized spacial score (nSPS) is 41.7. The third kappa shape index (κ3) is 0.850. The molecule has 3 fully saturated rings. The van der Waals surface area contributed by atoms with Crippen molar-refractivity contribution in [2.45, 2.75) is 44.6 Å². The molecule has 2 aliphatic carbocycles. The highest BCUT2D eigenvalue weighted by molar-refractivity contribution is 5.95. The second kappa shape index (κ2) is 2.57. The van der Waals surface area contributed by atoms with E-state index in [0.717, 1.165) is 32.3 Å². The van der Waals surface area contributed by atoms with Crippen LogP contribution in [0.25, 0.3) is 0 Å². The molecule has 0 bridgehead atoms. The number of carbonyl (C=O) groups is 1. The molecule has 3 aliphatic rings. The van der Waals surface area contributed by atoms with E-state index in [1.54, 1.807) is 0 Å². The van der Waals surface area contributed by atoms with Gasteiger partial charge in [-0.15, -0.1) is 0 Å². The van der Waals surface area contributed by atoms with E-state index in [9.17, 15) is 4.79 Å². The largest absolute Gasteiger partial charge is 0.376 e. The summed E-state index contributed by atoms with van der Waals surface area (Å²) in [6.45, 7) is 0.885. The molecular formula is C11H16O2. The van der Waals surface area contributed by atoms with Gasteiger partial charge in [0.05, 0.1) is 11.5 Å². The summed E-state index contributed by atoms with van der Waals surface area (Å²) in [6, 6.07) is 0. The summed E-state index contributed by atoms with van der Waals surface area (Å²) in [5.74, 6) is 0.821. The van der Waals surface area contributed by atoms with Gasteiger partial charge in [-0.3, -0.25) is 4.79 Å².